The van der Waals surface area contributed by atoms with Gasteiger partial charge in [-0.25, -0.2) is 0 Å². The molecule has 0 N–H and O–H groups in total. The Labute approximate surface area is 108 Å². The van der Waals surface area contributed by atoms with Crippen molar-refractivity contribution < 1.29 is 9.53 Å². The van der Waals surface area contributed by atoms with Gasteiger partial charge in [-0.3, -0.25) is 9.69 Å². The molecule has 0 radical (unpaired) electrons. The SMILES string of the molecule is Cc1ccccc1C(=O)C1CN2CCCC2CO1. The molecule has 3 heteroatoms. The quantitative estimate of drug-likeness (QED) is 0.747. The van der Waals surface area contributed by atoms with Crippen molar-refractivity contribution in [1.82, 2.24) is 4.90 Å². The van der Waals surface area contributed by atoms with Gasteiger partial charge in [0.05, 0.1) is 6.61 Å². The van der Waals surface area contributed by atoms with Crippen LogP contribution in [0, 0.1) is 6.92 Å². The number of aryl methyl sites for hydroxylation is 1. The first kappa shape index (κ1) is 11.9. The molecule has 0 saturated carbocycles. The third kappa shape index (κ3) is 2.08. The molecule has 0 aliphatic carbocycles. The molecule has 0 aromatic heterocycles. The minimum Gasteiger partial charge on any atom is -0.367 e. The highest BCUT2D eigenvalue weighted by molar-refractivity contribution is 6.00. The topological polar surface area (TPSA) is 29.5 Å². The molecule has 2 aliphatic heterocycles. The zero-order valence-corrected chi connectivity index (χ0v) is 10.8. The molecular weight excluding hydrogens is 226 g/mol. The van der Waals surface area contributed by atoms with Gasteiger partial charge in [0.25, 0.3) is 0 Å². The molecule has 2 saturated heterocycles. The maximum atomic E-state index is 12.5. The van der Waals surface area contributed by atoms with Gasteiger partial charge < -0.3 is 4.74 Å². The summed E-state index contributed by atoms with van der Waals surface area (Å²) in [5, 5.41) is 0. The number of benzene rings is 1. The fourth-order valence-corrected chi connectivity index (χ4v) is 3.00. The molecule has 2 unspecified atom stereocenters. The molecule has 1 aromatic rings. The Kier molecular flexibility index (Phi) is 3.18. The van der Waals surface area contributed by atoms with E-state index < -0.39 is 0 Å². The summed E-state index contributed by atoms with van der Waals surface area (Å²) in [6.45, 7) is 4.57. The lowest BCUT2D eigenvalue weighted by Crippen LogP contribution is -2.49. The molecule has 2 atom stereocenters. The number of morpholine rings is 1. The number of ether oxygens (including phenoxy) is 1. The summed E-state index contributed by atoms with van der Waals surface area (Å²) >= 11 is 0. The smallest absolute Gasteiger partial charge is 0.193 e. The summed E-state index contributed by atoms with van der Waals surface area (Å²) in [5.41, 5.74) is 1.84. The van der Waals surface area contributed by atoms with E-state index in [0.717, 1.165) is 24.2 Å². The standard InChI is InChI=1S/C15H19NO2/c1-11-5-2-3-7-13(11)15(17)14-9-16-8-4-6-12(16)10-18-14/h2-3,5,7,12,14H,4,6,8-10H2,1H3. The van der Waals surface area contributed by atoms with Gasteiger partial charge in [-0.05, 0) is 31.9 Å². The zero-order valence-electron chi connectivity index (χ0n) is 10.8. The van der Waals surface area contributed by atoms with Gasteiger partial charge in [0, 0.05) is 18.2 Å². The Bertz CT molecular complexity index is 458. The van der Waals surface area contributed by atoms with Crippen molar-refractivity contribution in [2.75, 3.05) is 19.7 Å². The van der Waals surface area contributed by atoms with Crippen molar-refractivity contribution >= 4 is 5.78 Å². The number of fused-ring (bicyclic) bond motifs is 1. The first-order valence-electron chi connectivity index (χ1n) is 6.71. The van der Waals surface area contributed by atoms with E-state index in [0.29, 0.717) is 12.6 Å². The minimum absolute atomic E-state index is 0.137. The number of carbonyl (C=O) groups is 1. The number of hydrogen-bond acceptors (Lipinski definition) is 3. The van der Waals surface area contributed by atoms with Gasteiger partial charge in [0.15, 0.2) is 5.78 Å². The van der Waals surface area contributed by atoms with Gasteiger partial charge in [-0.2, -0.15) is 0 Å². The predicted molar refractivity (Wildman–Crippen MR) is 69.8 cm³/mol. The Morgan fingerprint density at radius 1 is 1.39 bits per heavy atom. The lowest BCUT2D eigenvalue weighted by Gasteiger charge is -2.34. The van der Waals surface area contributed by atoms with Gasteiger partial charge >= 0.3 is 0 Å². The summed E-state index contributed by atoms with van der Waals surface area (Å²) in [5.74, 6) is 0.137. The summed E-state index contributed by atoms with van der Waals surface area (Å²) in [6, 6.07) is 8.31. The van der Waals surface area contributed by atoms with Crippen LogP contribution in [0.15, 0.2) is 24.3 Å². The molecule has 18 heavy (non-hydrogen) atoms. The molecule has 1 aromatic carbocycles. The van der Waals surface area contributed by atoms with Gasteiger partial charge in [-0.1, -0.05) is 24.3 Å². The minimum atomic E-state index is -0.277. The molecule has 2 aliphatic rings. The second kappa shape index (κ2) is 4.82. The zero-order chi connectivity index (χ0) is 12.5. The van der Waals surface area contributed by atoms with E-state index in [-0.39, 0.29) is 11.9 Å². The number of ketones is 1. The van der Waals surface area contributed by atoms with Crippen LogP contribution in [-0.2, 0) is 4.74 Å². The van der Waals surface area contributed by atoms with E-state index in [1.165, 1.54) is 12.8 Å². The maximum absolute atomic E-state index is 12.5. The van der Waals surface area contributed by atoms with Crippen molar-refractivity contribution in [3.05, 3.63) is 35.4 Å². The lowest BCUT2D eigenvalue weighted by molar-refractivity contribution is -0.0344. The number of nitrogens with zero attached hydrogens (tertiary/aromatic N) is 1. The Morgan fingerprint density at radius 3 is 3.06 bits per heavy atom. The van der Waals surface area contributed by atoms with Crippen molar-refractivity contribution in [1.29, 1.82) is 0 Å². The van der Waals surface area contributed by atoms with Crippen LogP contribution >= 0.6 is 0 Å². The van der Waals surface area contributed by atoms with Crippen LogP contribution in [0.2, 0.25) is 0 Å². The fourth-order valence-electron chi connectivity index (χ4n) is 3.00. The molecule has 96 valence electrons. The summed E-state index contributed by atoms with van der Waals surface area (Å²) in [7, 11) is 0. The third-order valence-corrected chi connectivity index (χ3v) is 4.09. The van der Waals surface area contributed by atoms with Gasteiger partial charge in [0.1, 0.15) is 6.10 Å². The predicted octanol–water partition coefficient (Wildman–Crippen LogP) is 2.04. The Balaban J connectivity index is 1.75. The Morgan fingerprint density at radius 2 is 2.22 bits per heavy atom. The highest BCUT2D eigenvalue weighted by Gasteiger charge is 2.35. The third-order valence-electron chi connectivity index (χ3n) is 4.09. The van der Waals surface area contributed by atoms with E-state index in [1.54, 1.807) is 0 Å². The second-order valence-electron chi connectivity index (χ2n) is 5.29. The number of carbonyl (C=O) groups excluding carboxylic acids is 1. The molecule has 3 nitrogen and oxygen atoms in total. The highest BCUT2D eigenvalue weighted by Crippen LogP contribution is 2.24. The van der Waals surface area contributed by atoms with Crippen LogP contribution in [0.4, 0.5) is 0 Å². The average Bonchev–Trinajstić information content (AvgIpc) is 2.85. The van der Waals surface area contributed by atoms with Crippen LogP contribution in [0.3, 0.4) is 0 Å². The first-order chi connectivity index (χ1) is 8.75. The van der Waals surface area contributed by atoms with Crippen LogP contribution < -0.4 is 0 Å². The summed E-state index contributed by atoms with van der Waals surface area (Å²) in [6.07, 6.45) is 2.17. The Hall–Kier alpha value is -1.19. The first-order valence-corrected chi connectivity index (χ1v) is 6.71. The van der Waals surface area contributed by atoms with Crippen molar-refractivity contribution in [2.24, 2.45) is 0 Å². The number of Topliss-reactive ketones (excluding diaryl/α,β-unsaturated/α-hetero) is 1. The van der Waals surface area contributed by atoms with E-state index >= 15 is 0 Å². The van der Waals surface area contributed by atoms with E-state index in [4.69, 9.17) is 4.74 Å². The lowest BCUT2D eigenvalue weighted by atomic mass is 10.00. The molecule has 0 spiro atoms. The van der Waals surface area contributed by atoms with Crippen molar-refractivity contribution in [3.63, 3.8) is 0 Å². The molecule has 0 amide bonds. The molecule has 3 rings (SSSR count). The number of rotatable bonds is 2. The van der Waals surface area contributed by atoms with Crippen molar-refractivity contribution in [3.8, 4) is 0 Å². The van der Waals surface area contributed by atoms with Crippen molar-refractivity contribution in [2.45, 2.75) is 31.9 Å². The molecule has 0 bridgehead atoms. The normalized spacial score (nSPS) is 28.1. The largest absolute Gasteiger partial charge is 0.367 e. The second-order valence-corrected chi connectivity index (χ2v) is 5.29. The maximum Gasteiger partial charge on any atom is 0.193 e. The fraction of sp³-hybridized carbons (Fsp3) is 0.533. The highest BCUT2D eigenvalue weighted by atomic mass is 16.5. The monoisotopic (exact) mass is 245 g/mol. The number of hydrogen-bond donors (Lipinski definition) is 0. The van der Waals surface area contributed by atoms with Crippen LogP contribution in [0.5, 0.6) is 0 Å². The van der Waals surface area contributed by atoms with E-state index in [9.17, 15) is 4.79 Å². The van der Waals surface area contributed by atoms with Crippen LogP contribution in [0.25, 0.3) is 0 Å². The van der Waals surface area contributed by atoms with E-state index in [2.05, 4.69) is 4.90 Å². The summed E-state index contributed by atoms with van der Waals surface area (Å²) in [4.78, 5) is 14.9. The van der Waals surface area contributed by atoms with Crippen LogP contribution in [0.1, 0.15) is 28.8 Å². The molecular formula is C15H19NO2. The van der Waals surface area contributed by atoms with Crippen LogP contribution in [-0.4, -0.2) is 42.5 Å². The van der Waals surface area contributed by atoms with Gasteiger partial charge in [-0.15, -0.1) is 0 Å². The molecule has 2 heterocycles. The molecule has 2 fully saturated rings. The van der Waals surface area contributed by atoms with Gasteiger partial charge in [0.2, 0.25) is 0 Å². The van der Waals surface area contributed by atoms with E-state index in [1.807, 2.05) is 31.2 Å². The summed E-state index contributed by atoms with van der Waals surface area (Å²) < 4.78 is 5.77. The average molecular weight is 245 g/mol.